The normalized spacial score (nSPS) is 16.2. The van der Waals surface area contributed by atoms with Crippen LogP contribution in [0.25, 0.3) is 11.8 Å². The fourth-order valence-corrected chi connectivity index (χ4v) is 3.91. The van der Waals surface area contributed by atoms with Crippen molar-refractivity contribution in [2.24, 2.45) is 5.73 Å². The minimum Gasteiger partial charge on any atom is -0.368 e. The second-order valence-electron chi connectivity index (χ2n) is 6.44. The third-order valence-electron chi connectivity index (χ3n) is 4.38. The Hall–Kier alpha value is -3.01. The number of nitrogens with zero attached hydrogens (tertiary/aromatic N) is 2. The summed E-state index contributed by atoms with van der Waals surface area (Å²) in [6.07, 6.45) is -2.98. The molecular weight excluding hydrogens is 407 g/mol. The number of halogens is 3. The number of imide groups is 1. The van der Waals surface area contributed by atoms with E-state index in [0.29, 0.717) is 34.4 Å². The van der Waals surface area contributed by atoms with Crippen LogP contribution in [0.5, 0.6) is 0 Å². The molecule has 0 bridgehead atoms. The number of nitrogens with two attached hydrogens (primary N) is 1. The van der Waals surface area contributed by atoms with Gasteiger partial charge in [-0.3, -0.25) is 19.3 Å². The van der Waals surface area contributed by atoms with Gasteiger partial charge in [0.15, 0.2) is 0 Å². The highest BCUT2D eigenvalue weighted by molar-refractivity contribution is 8.18. The number of aryl methyl sites for hydroxylation is 1. The van der Waals surface area contributed by atoms with Gasteiger partial charge in [-0.25, -0.2) is 0 Å². The molecule has 0 aliphatic carbocycles. The van der Waals surface area contributed by atoms with Gasteiger partial charge in [0.2, 0.25) is 5.91 Å². The fourth-order valence-electron chi connectivity index (χ4n) is 3.09. The van der Waals surface area contributed by atoms with Crippen LogP contribution in [0.4, 0.5) is 18.0 Å². The number of carbonyl (C=O) groups excluding carboxylic acids is 3. The van der Waals surface area contributed by atoms with Gasteiger partial charge in [0.1, 0.15) is 6.54 Å². The molecule has 1 aliphatic heterocycles. The van der Waals surface area contributed by atoms with Crippen LogP contribution < -0.4 is 5.73 Å². The van der Waals surface area contributed by atoms with Gasteiger partial charge >= 0.3 is 6.18 Å². The monoisotopic (exact) mass is 423 g/mol. The molecule has 1 fully saturated rings. The van der Waals surface area contributed by atoms with Crippen molar-refractivity contribution >= 4 is 34.9 Å². The predicted molar refractivity (Wildman–Crippen MR) is 102 cm³/mol. The van der Waals surface area contributed by atoms with Crippen molar-refractivity contribution in [3.05, 3.63) is 57.8 Å². The zero-order valence-electron chi connectivity index (χ0n) is 15.4. The van der Waals surface area contributed by atoms with Crippen molar-refractivity contribution < 1.29 is 27.6 Å². The van der Waals surface area contributed by atoms with Crippen molar-refractivity contribution in [2.75, 3.05) is 6.54 Å². The van der Waals surface area contributed by atoms with E-state index in [4.69, 9.17) is 5.73 Å². The lowest BCUT2D eigenvalue weighted by molar-refractivity contribution is -0.137. The molecule has 1 saturated heterocycles. The van der Waals surface area contributed by atoms with Gasteiger partial charge in [-0.05, 0) is 61.5 Å². The maximum atomic E-state index is 13.0. The number of rotatable bonds is 4. The van der Waals surface area contributed by atoms with Crippen LogP contribution in [0.15, 0.2) is 35.2 Å². The predicted octanol–water partition coefficient (Wildman–Crippen LogP) is 3.63. The fraction of sp³-hybridized carbons (Fsp3) is 0.211. The quantitative estimate of drug-likeness (QED) is 0.761. The van der Waals surface area contributed by atoms with E-state index >= 15 is 0 Å². The van der Waals surface area contributed by atoms with Gasteiger partial charge in [0.05, 0.1) is 10.5 Å². The molecule has 29 heavy (non-hydrogen) atoms. The zero-order chi connectivity index (χ0) is 21.5. The number of hydrogen-bond donors (Lipinski definition) is 1. The SMILES string of the molecule is Cc1cc(/C=C2\SC(=O)N(CC(N)=O)C2=O)c(C)n1-c1cccc(C(F)(F)F)c1. The van der Waals surface area contributed by atoms with Gasteiger partial charge in [0, 0.05) is 17.1 Å². The minimum absolute atomic E-state index is 0.112. The molecule has 0 radical (unpaired) electrons. The first-order valence-electron chi connectivity index (χ1n) is 8.39. The van der Waals surface area contributed by atoms with Gasteiger partial charge in [-0.1, -0.05) is 6.07 Å². The number of primary amides is 1. The lowest BCUT2D eigenvalue weighted by atomic mass is 10.2. The van der Waals surface area contributed by atoms with E-state index in [1.165, 1.54) is 12.1 Å². The Balaban J connectivity index is 1.99. The van der Waals surface area contributed by atoms with Gasteiger partial charge < -0.3 is 10.3 Å². The molecule has 0 saturated carbocycles. The van der Waals surface area contributed by atoms with Crippen molar-refractivity contribution in [3.8, 4) is 5.69 Å². The summed E-state index contributed by atoms with van der Waals surface area (Å²) in [6, 6.07) is 6.63. The lowest BCUT2D eigenvalue weighted by Crippen LogP contribution is -2.36. The van der Waals surface area contributed by atoms with E-state index < -0.39 is 35.3 Å². The molecule has 1 aliphatic rings. The molecule has 1 aromatic heterocycles. The number of benzene rings is 1. The Morgan fingerprint density at radius 2 is 1.90 bits per heavy atom. The average Bonchev–Trinajstić information content (AvgIpc) is 3.04. The number of thioether (sulfide) groups is 1. The molecule has 2 aromatic rings. The summed E-state index contributed by atoms with van der Waals surface area (Å²) < 4.78 is 40.8. The first-order valence-corrected chi connectivity index (χ1v) is 9.21. The highest BCUT2D eigenvalue weighted by Crippen LogP contribution is 2.34. The molecule has 2 heterocycles. The standard InChI is InChI=1S/C19H16F3N3O3S/c1-10-6-12(7-15-17(27)24(9-16(23)26)18(28)29-15)11(2)25(10)14-5-3-4-13(8-14)19(20,21)22/h3-8H,9H2,1-2H3,(H2,23,26)/b15-7-. The summed E-state index contributed by atoms with van der Waals surface area (Å²) in [7, 11) is 0. The molecule has 0 spiro atoms. The number of aromatic nitrogens is 1. The van der Waals surface area contributed by atoms with Crippen molar-refractivity contribution in [2.45, 2.75) is 20.0 Å². The number of hydrogen-bond acceptors (Lipinski definition) is 4. The molecule has 0 unspecified atom stereocenters. The molecule has 2 N–H and O–H groups in total. The first kappa shape index (κ1) is 20.7. The maximum Gasteiger partial charge on any atom is 0.416 e. The van der Waals surface area contributed by atoms with E-state index in [9.17, 15) is 27.6 Å². The molecule has 0 atom stereocenters. The van der Waals surface area contributed by atoms with Gasteiger partial charge in [0.25, 0.3) is 11.1 Å². The lowest BCUT2D eigenvalue weighted by Gasteiger charge is -2.13. The number of carbonyl (C=O) groups is 3. The van der Waals surface area contributed by atoms with Crippen LogP contribution in [0.3, 0.4) is 0 Å². The van der Waals surface area contributed by atoms with E-state index in [1.54, 1.807) is 30.5 Å². The molecule has 1 aromatic carbocycles. The van der Waals surface area contributed by atoms with Crippen molar-refractivity contribution in [3.63, 3.8) is 0 Å². The van der Waals surface area contributed by atoms with Crippen molar-refractivity contribution in [1.29, 1.82) is 0 Å². The summed E-state index contributed by atoms with van der Waals surface area (Å²) in [5, 5.41) is -0.605. The van der Waals surface area contributed by atoms with E-state index in [1.807, 2.05) is 0 Å². The Morgan fingerprint density at radius 1 is 1.21 bits per heavy atom. The van der Waals surface area contributed by atoms with Crippen LogP contribution >= 0.6 is 11.8 Å². The average molecular weight is 423 g/mol. The Labute approximate surface area is 168 Å². The highest BCUT2D eigenvalue weighted by Gasteiger charge is 2.36. The van der Waals surface area contributed by atoms with Crippen LogP contribution in [-0.4, -0.2) is 33.1 Å². The molecule has 6 nitrogen and oxygen atoms in total. The topological polar surface area (TPSA) is 85.4 Å². The molecular formula is C19H16F3N3O3S. The summed E-state index contributed by atoms with van der Waals surface area (Å²) >= 11 is 0.677. The molecule has 152 valence electrons. The molecule has 3 amide bonds. The Kier molecular flexibility index (Phi) is 5.31. The van der Waals surface area contributed by atoms with Crippen molar-refractivity contribution in [1.82, 2.24) is 9.47 Å². The minimum atomic E-state index is -4.47. The zero-order valence-corrected chi connectivity index (χ0v) is 16.2. The number of amides is 3. The van der Waals surface area contributed by atoms with Crippen LogP contribution in [0, 0.1) is 13.8 Å². The van der Waals surface area contributed by atoms with Gasteiger partial charge in [-0.15, -0.1) is 0 Å². The third-order valence-corrected chi connectivity index (χ3v) is 5.28. The Bertz CT molecular complexity index is 1060. The van der Waals surface area contributed by atoms with E-state index in [0.717, 1.165) is 17.0 Å². The summed E-state index contributed by atoms with van der Waals surface area (Å²) in [6.45, 7) is 2.92. The van der Waals surface area contributed by atoms with E-state index in [2.05, 4.69) is 0 Å². The van der Waals surface area contributed by atoms with Crippen LogP contribution in [0.1, 0.15) is 22.5 Å². The Morgan fingerprint density at radius 3 is 2.52 bits per heavy atom. The largest absolute Gasteiger partial charge is 0.416 e. The highest BCUT2D eigenvalue weighted by atomic mass is 32.2. The van der Waals surface area contributed by atoms with Crippen LogP contribution in [0.2, 0.25) is 0 Å². The van der Waals surface area contributed by atoms with Gasteiger partial charge in [-0.2, -0.15) is 13.2 Å². The smallest absolute Gasteiger partial charge is 0.368 e. The second kappa shape index (κ2) is 7.43. The summed E-state index contributed by atoms with van der Waals surface area (Å²) in [5.41, 5.74) is 6.45. The number of alkyl halides is 3. The van der Waals surface area contributed by atoms with Crippen LogP contribution in [-0.2, 0) is 15.8 Å². The summed E-state index contributed by atoms with van der Waals surface area (Å²) in [4.78, 5) is 36.2. The second-order valence-corrected chi connectivity index (χ2v) is 7.44. The summed E-state index contributed by atoms with van der Waals surface area (Å²) in [5.74, 6) is -1.45. The maximum absolute atomic E-state index is 13.0. The molecule has 3 rings (SSSR count). The third kappa shape index (κ3) is 4.07. The molecule has 10 heteroatoms. The van der Waals surface area contributed by atoms with E-state index in [-0.39, 0.29) is 4.91 Å². The first-order chi connectivity index (χ1) is 13.5.